The molecular formula is C16H23NO3. The number of benzene rings is 1. The molecule has 0 spiro atoms. The van der Waals surface area contributed by atoms with Gasteiger partial charge in [-0.3, -0.25) is 0 Å². The van der Waals surface area contributed by atoms with Crippen LogP contribution in [0.2, 0.25) is 0 Å². The van der Waals surface area contributed by atoms with Gasteiger partial charge in [0.25, 0.3) is 0 Å². The van der Waals surface area contributed by atoms with Gasteiger partial charge in [0.15, 0.2) is 0 Å². The first-order valence-electron chi connectivity index (χ1n) is 7.38. The predicted molar refractivity (Wildman–Crippen MR) is 77.7 cm³/mol. The van der Waals surface area contributed by atoms with Gasteiger partial charge in [-0.15, -0.1) is 0 Å². The molecule has 1 atom stereocenters. The van der Waals surface area contributed by atoms with Crippen molar-refractivity contribution < 1.29 is 14.3 Å². The molecule has 0 amide bonds. The summed E-state index contributed by atoms with van der Waals surface area (Å²) in [5.74, 6) is 1.21. The van der Waals surface area contributed by atoms with Crippen LogP contribution in [0, 0.1) is 5.92 Å². The molecular weight excluding hydrogens is 254 g/mol. The highest BCUT2D eigenvalue weighted by Gasteiger charge is 2.28. The van der Waals surface area contributed by atoms with Crippen LogP contribution in [0.25, 0.3) is 0 Å². The minimum Gasteiger partial charge on any atom is -0.494 e. The van der Waals surface area contributed by atoms with E-state index < -0.39 is 6.04 Å². The van der Waals surface area contributed by atoms with Crippen molar-refractivity contribution in [3.05, 3.63) is 29.8 Å². The second-order valence-corrected chi connectivity index (χ2v) is 5.01. The zero-order valence-corrected chi connectivity index (χ0v) is 12.2. The molecule has 0 saturated heterocycles. The standard InChI is InChI=1S/C16H23NO3/c1-3-19-14-8-6-5-7-13(14)15(16(18)20-4-2)17-11-12-9-10-12/h5-8,12,15,17H,3-4,9-11H2,1-2H3. The van der Waals surface area contributed by atoms with Crippen molar-refractivity contribution in [3.63, 3.8) is 0 Å². The number of rotatable bonds is 8. The monoisotopic (exact) mass is 277 g/mol. The maximum atomic E-state index is 12.2. The molecule has 0 aromatic heterocycles. The van der Waals surface area contributed by atoms with Crippen LogP contribution in [0.3, 0.4) is 0 Å². The van der Waals surface area contributed by atoms with Crippen molar-refractivity contribution in [3.8, 4) is 5.75 Å². The quantitative estimate of drug-likeness (QED) is 0.742. The smallest absolute Gasteiger partial charge is 0.327 e. The third-order valence-electron chi connectivity index (χ3n) is 3.36. The van der Waals surface area contributed by atoms with Crippen molar-refractivity contribution in [1.82, 2.24) is 5.32 Å². The van der Waals surface area contributed by atoms with E-state index in [1.807, 2.05) is 38.1 Å². The van der Waals surface area contributed by atoms with Crippen molar-refractivity contribution in [2.24, 2.45) is 5.92 Å². The summed E-state index contributed by atoms with van der Waals surface area (Å²) in [6.07, 6.45) is 2.49. The average Bonchev–Trinajstić information content (AvgIpc) is 3.25. The largest absolute Gasteiger partial charge is 0.494 e. The van der Waals surface area contributed by atoms with Gasteiger partial charge in [-0.05, 0) is 45.2 Å². The van der Waals surface area contributed by atoms with E-state index in [9.17, 15) is 4.79 Å². The summed E-state index contributed by atoms with van der Waals surface area (Å²) in [5.41, 5.74) is 0.855. The van der Waals surface area contributed by atoms with E-state index >= 15 is 0 Å². The van der Waals surface area contributed by atoms with Gasteiger partial charge >= 0.3 is 5.97 Å². The van der Waals surface area contributed by atoms with E-state index in [0.29, 0.717) is 19.1 Å². The van der Waals surface area contributed by atoms with Crippen LogP contribution < -0.4 is 10.1 Å². The highest BCUT2D eigenvalue weighted by molar-refractivity contribution is 5.78. The molecule has 1 aromatic rings. The Balaban J connectivity index is 2.16. The molecule has 1 fully saturated rings. The van der Waals surface area contributed by atoms with Gasteiger partial charge in [-0.2, -0.15) is 0 Å². The number of carbonyl (C=O) groups is 1. The molecule has 1 aliphatic rings. The predicted octanol–water partition coefficient (Wildman–Crippen LogP) is 2.69. The van der Waals surface area contributed by atoms with Gasteiger partial charge in [0.1, 0.15) is 11.8 Å². The van der Waals surface area contributed by atoms with E-state index in [1.54, 1.807) is 0 Å². The Morgan fingerprint density at radius 3 is 2.70 bits per heavy atom. The molecule has 1 saturated carbocycles. The van der Waals surface area contributed by atoms with Gasteiger partial charge in [-0.1, -0.05) is 18.2 Å². The van der Waals surface area contributed by atoms with Crippen LogP contribution in [-0.4, -0.2) is 25.7 Å². The third-order valence-corrected chi connectivity index (χ3v) is 3.36. The van der Waals surface area contributed by atoms with Crippen LogP contribution in [-0.2, 0) is 9.53 Å². The van der Waals surface area contributed by atoms with Crippen LogP contribution in [0.1, 0.15) is 38.3 Å². The zero-order valence-electron chi connectivity index (χ0n) is 12.2. The number of esters is 1. The van der Waals surface area contributed by atoms with Gasteiger partial charge in [-0.25, -0.2) is 4.79 Å². The molecule has 0 heterocycles. The number of ether oxygens (including phenoxy) is 2. The topological polar surface area (TPSA) is 47.6 Å². The fourth-order valence-corrected chi connectivity index (χ4v) is 2.16. The Hall–Kier alpha value is -1.55. The molecule has 2 rings (SSSR count). The molecule has 4 heteroatoms. The van der Waals surface area contributed by atoms with Gasteiger partial charge in [0.05, 0.1) is 13.2 Å². The maximum Gasteiger partial charge on any atom is 0.327 e. The minimum absolute atomic E-state index is 0.236. The number of nitrogens with one attached hydrogen (secondary N) is 1. The Morgan fingerprint density at radius 2 is 2.05 bits per heavy atom. The Kier molecular flexibility index (Phi) is 5.41. The highest BCUT2D eigenvalue weighted by Crippen LogP contribution is 2.30. The fraction of sp³-hybridized carbons (Fsp3) is 0.562. The first kappa shape index (κ1) is 14.9. The molecule has 20 heavy (non-hydrogen) atoms. The SMILES string of the molecule is CCOC(=O)C(NCC1CC1)c1ccccc1OCC. The second kappa shape index (κ2) is 7.29. The van der Waals surface area contributed by atoms with Crippen LogP contribution >= 0.6 is 0 Å². The van der Waals surface area contributed by atoms with Crippen LogP contribution in [0.4, 0.5) is 0 Å². The van der Waals surface area contributed by atoms with E-state index in [2.05, 4.69) is 5.32 Å². The fourth-order valence-electron chi connectivity index (χ4n) is 2.16. The molecule has 0 aliphatic heterocycles. The third kappa shape index (κ3) is 3.97. The minimum atomic E-state index is -0.446. The van der Waals surface area contributed by atoms with Gasteiger partial charge in [0, 0.05) is 5.56 Å². The van der Waals surface area contributed by atoms with Crippen molar-refractivity contribution in [1.29, 1.82) is 0 Å². The lowest BCUT2D eigenvalue weighted by atomic mass is 10.1. The average molecular weight is 277 g/mol. The van der Waals surface area contributed by atoms with Crippen LogP contribution in [0.5, 0.6) is 5.75 Å². The molecule has 1 unspecified atom stereocenters. The van der Waals surface area contributed by atoms with E-state index in [1.165, 1.54) is 12.8 Å². The summed E-state index contributed by atoms with van der Waals surface area (Å²) < 4.78 is 10.8. The summed E-state index contributed by atoms with van der Waals surface area (Å²) >= 11 is 0. The van der Waals surface area contributed by atoms with Crippen molar-refractivity contribution in [2.75, 3.05) is 19.8 Å². The van der Waals surface area contributed by atoms with E-state index in [4.69, 9.17) is 9.47 Å². The first-order chi connectivity index (χ1) is 9.76. The molecule has 1 aliphatic carbocycles. The Bertz CT molecular complexity index is 443. The van der Waals surface area contributed by atoms with E-state index in [-0.39, 0.29) is 5.97 Å². The Labute approximate surface area is 120 Å². The molecule has 110 valence electrons. The molecule has 0 radical (unpaired) electrons. The molecule has 1 aromatic carbocycles. The normalized spacial score (nSPS) is 15.7. The second-order valence-electron chi connectivity index (χ2n) is 5.01. The lowest BCUT2D eigenvalue weighted by molar-refractivity contribution is -0.145. The lowest BCUT2D eigenvalue weighted by Gasteiger charge is -2.20. The highest BCUT2D eigenvalue weighted by atomic mass is 16.5. The van der Waals surface area contributed by atoms with Crippen LogP contribution in [0.15, 0.2) is 24.3 Å². The summed E-state index contributed by atoms with van der Waals surface area (Å²) in [5, 5.41) is 3.33. The number of para-hydroxylation sites is 1. The first-order valence-corrected chi connectivity index (χ1v) is 7.38. The van der Waals surface area contributed by atoms with Crippen molar-refractivity contribution >= 4 is 5.97 Å². The Morgan fingerprint density at radius 1 is 1.30 bits per heavy atom. The lowest BCUT2D eigenvalue weighted by Crippen LogP contribution is -2.32. The number of hydrogen-bond acceptors (Lipinski definition) is 4. The number of carbonyl (C=O) groups excluding carboxylic acids is 1. The molecule has 1 N–H and O–H groups in total. The zero-order chi connectivity index (χ0) is 14.4. The summed E-state index contributed by atoms with van der Waals surface area (Å²) in [6, 6.07) is 7.20. The van der Waals surface area contributed by atoms with Crippen molar-refractivity contribution in [2.45, 2.75) is 32.7 Å². The maximum absolute atomic E-state index is 12.2. The summed E-state index contributed by atoms with van der Waals surface area (Å²) in [6.45, 7) is 5.58. The van der Waals surface area contributed by atoms with Gasteiger partial charge < -0.3 is 14.8 Å². The number of hydrogen-bond donors (Lipinski definition) is 1. The van der Waals surface area contributed by atoms with Gasteiger partial charge in [0.2, 0.25) is 0 Å². The molecule has 4 nitrogen and oxygen atoms in total. The molecule has 0 bridgehead atoms. The summed E-state index contributed by atoms with van der Waals surface area (Å²) in [7, 11) is 0. The summed E-state index contributed by atoms with van der Waals surface area (Å²) in [4.78, 5) is 12.2. The van der Waals surface area contributed by atoms with E-state index in [0.717, 1.165) is 17.9 Å².